The molecule has 0 aliphatic heterocycles. The first kappa shape index (κ1) is 17.1. The van der Waals surface area contributed by atoms with Crippen molar-refractivity contribution in [3.05, 3.63) is 63.6 Å². The molecule has 0 spiro atoms. The molecule has 0 radical (unpaired) electrons. The molecule has 0 saturated heterocycles. The standard InChI is InChI=1S/C17H19Cl2NO2/c1-12(21)9-20-10-13-3-2-4-16(7-13)22-11-14-5-6-15(18)8-17(14)19/h2-8,12,20-21H,9-11H2,1H3. The molecule has 2 aromatic carbocycles. The molecule has 0 fully saturated rings. The molecule has 0 saturated carbocycles. The summed E-state index contributed by atoms with van der Waals surface area (Å²) in [6, 6.07) is 13.2. The van der Waals surface area contributed by atoms with E-state index in [1.807, 2.05) is 30.3 Å². The monoisotopic (exact) mass is 339 g/mol. The Morgan fingerprint density at radius 2 is 2.00 bits per heavy atom. The number of hydrogen-bond acceptors (Lipinski definition) is 3. The minimum atomic E-state index is -0.355. The van der Waals surface area contributed by atoms with Crippen molar-refractivity contribution in [2.45, 2.75) is 26.2 Å². The fraction of sp³-hybridized carbons (Fsp3) is 0.294. The lowest BCUT2D eigenvalue weighted by Gasteiger charge is -2.11. The quantitative estimate of drug-likeness (QED) is 0.799. The Labute approximate surface area is 140 Å². The van der Waals surface area contributed by atoms with E-state index in [2.05, 4.69) is 5.32 Å². The summed E-state index contributed by atoms with van der Waals surface area (Å²) >= 11 is 12.0. The topological polar surface area (TPSA) is 41.5 Å². The van der Waals surface area contributed by atoms with Crippen molar-refractivity contribution in [1.29, 1.82) is 0 Å². The van der Waals surface area contributed by atoms with Gasteiger partial charge in [-0.1, -0.05) is 41.4 Å². The Kier molecular flexibility index (Phi) is 6.52. The lowest BCUT2D eigenvalue weighted by atomic mass is 10.2. The second-order valence-corrected chi connectivity index (χ2v) is 6.00. The summed E-state index contributed by atoms with van der Waals surface area (Å²) in [5.74, 6) is 0.780. The number of nitrogens with one attached hydrogen (secondary N) is 1. The minimum absolute atomic E-state index is 0.355. The lowest BCUT2D eigenvalue weighted by Crippen LogP contribution is -2.23. The van der Waals surface area contributed by atoms with Crippen LogP contribution in [-0.4, -0.2) is 17.8 Å². The fourth-order valence-electron chi connectivity index (χ4n) is 1.97. The summed E-state index contributed by atoms with van der Waals surface area (Å²) in [6.45, 7) is 3.39. The SMILES string of the molecule is CC(O)CNCc1cccc(OCc2ccc(Cl)cc2Cl)c1. The van der Waals surface area contributed by atoms with Gasteiger partial charge in [-0.2, -0.15) is 0 Å². The molecule has 1 atom stereocenters. The van der Waals surface area contributed by atoms with Crippen LogP contribution in [0.3, 0.4) is 0 Å². The van der Waals surface area contributed by atoms with Gasteiger partial charge in [0.15, 0.2) is 0 Å². The third kappa shape index (κ3) is 5.50. The lowest BCUT2D eigenvalue weighted by molar-refractivity contribution is 0.191. The van der Waals surface area contributed by atoms with Gasteiger partial charge in [-0.05, 0) is 36.8 Å². The number of aliphatic hydroxyl groups is 1. The summed E-state index contributed by atoms with van der Waals surface area (Å²) in [7, 11) is 0. The van der Waals surface area contributed by atoms with Crippen molar-refractivity contribution in [3.8, 4) is 5.75 Å². The van der Waals surface area contributed by atoms with E-state index < -0.39 is 0 Å². The maximum atomic E-state index is 9.23. The Balaban J connectivity index is 1.92. The van der Waals surface area contributed by atoms with Crippen LogP contribution in [0.4, 0.5) is 0 Å². The van der Waals surface area contributed by atoms with E-state index in [0.29, 0.717) is 29.7 Å². The third-order valence-electron chi connectivity index (χ3n) is 3.08. The first-order valence-electron chi connectivity index (χ1n) is 7.09. The normalized spacial score (nSPS) is 12.2. The van der Waals surface area contributed by atoms with E-state index in [9.17, 15) is 5.11 Å². The van der Waals surface area contributed by atoms with Gasteiger partial charge >= 0.3 is 0 Å². The highest BCUT2D eigenvalue weighted by atomic mass is 35.5. The zero-order valence-corrected chi connectivity index (χ0v) is 13.9. The average molecular weight is 340 g/mol. The second-order valence-electron chi connectivity index (χ2n) is 5.15. The Bertz CT molecular complexity index is 617. The number of halogens is 2. The van der Waals surface area contributed by atoms with Crippen LogP contribution in [0.2, 0.25) is 10.0 Å². The van der Waals surface area contributed by atoms with Crippen LogP contribution in [0.5, 0.6) is 5.75 Å². The predicted molar refractivity (Wildman–Crippen MR) is 90.6 cm³/mol. The molecule has 2 rings (SSSR count). The molecular formula is C17H19Cl2NO2. The largest absolute Gasteiger partial charge is 0.489 e. The van der Waals surface area contributed by atoms with Gasteiger partial charge in [0.05, 0.1) is 6.10 Å². The average Bonchev–Trinajstić information content (AvgIpc) is 2.46. The molecule has 0 heterocycles. The maximum absolute atomic E-state index is 9.23. The van der Waals surface area contributed by atoms with Crippen LogP contribution in [0.1, 0.15) is 18.1 Å². The first-order valence-corrected chi connectivity index (χ1v) is 7.84. The number of rotatable bonds is 7. The molecule has 0 aliphatic carbocycles. The molecule has 2 aromatic rings. The molecular weight excluding hydrogens is 321 g/mol. The van der Waals surface area contributed by atoms with Crippen molar-refractivity contribution < 1.29 is 9.84 Å². The van der Waals surface area contributed by atoms with Crippen LogP contribution in [0, 0.1) is 0 Å². The molecule has 3 nitrogen and oxygen atoms in total. The van der Waals surface area contributed by atoms with Crippen LogP contribution < -0.4 is 10.1 Å². The van der Waals surface area contributed by atoms with Crippen molar-refractivity contribution in [2.24, 2.45) is 0 Å². The smallest absolute Gasteiger partial charge is 0.120 e. The zero-order valence-electron chi connectivity index (χ0n) is 12.4. The highest BCUT2D eigenvalue weighted by Crippen LogP contribution is 2.23. The van der Waals surface area contributed by atoms with Gasteiger partial charge in [-0.25, -0.2) is 0 Å². The van der Waals surface area contributed by atoms with Gasteiger partial charge < -0.3 is 15.2 Å². The van der Waals surface area contributed by atoms with Gasteiger partial charge in [-0.15, -0.1) is 0 Å². The Morgan fingerprint density at radius 1 is 1.18 bits per heavy atom. The number of hydrogen-bond donors (Lipinski definition) is 2. The molecule has 5 heteroatoms. The third-order valence-corrected chi connectivity index (χ3v) is 3.66. The van der Waals surface area contributed by atoms with Gasteiger partial charge in [0.2, 0.25) is 0 Å². The van der Waals surface area contributed by atoms with E-state index in [0.717, 1.165) is 16.9 Å². The van der Waals surface area contributed by atoms with E-state index in [4.69, 9.17) is 27.9 Å². The number of aliphatic hydroxyl groups excluding tert-OH is 1. The van der Waals surface area contributed by atoms with E-state index in [1.165, 1.54) is 0 Å². The first-order chi connectivity index (χ1) is 10.5. The molecule has 0 aliphatic rings. The van der Waals surface area contributed by atoms with E-state index >= 15 is 0 Å². The molecule has 0 aromatic heterocycles. The molecule has 0 amide bonds. The Morgan fingerprint density at radius 3 is 2.73 bits per heavy atom. The van der Waals surface area contributed by atoms with Gasteiger partial charge in [0.1, 0.15) is 12.4 Å². The summed E-state index contributed by atoms with van der Waals surface area (Å²) < 4.78 is 5.78. The van der Waals surface area contributed by atoms with Crippen molar-refractivity contribution in [3.63, 3.8) is 0 Å². The summed E-state index contributed by atoms with van der Waals surface area (Å²) in [5, 5.41) is 13.6. The van der Waals surface area contributed by atoms with Gasteiger partial charge in [0, 0.05) is 28.7 Å². The molecule has 118 valence electrons. The van der Waals surface area contributed by atoms with E-state index in [1.54, 1.807) is 19.1 Å². The molecule has 2 N–H and O–H groups in total. The summed E-state index contributed by atoms with van der Waals surface area (Å²) in [6.07, 6.45) is -0.355. The molecule has 1 unspecified atom stereocenters. The van der Waals surface area contributed by atoms with Crippen LogP contribution in [0.25, 0.3) is 0 Å². The zero-order chi connectivity index (χ0) is 15.9. The Hall–Kier alpha value is -1.26. The van der Waals surface area contributed by atoms with E-state index in [-0.39, 0.29) is 6.10 Å². The fourth-order valence-corrected chi connectivity index (χ4v) is 2.43. The van der Waals surface area contributed by atoms with Crippen molar-refractivity contribution in [1.82, 2.24) is 5.32 Å². The number of ether oxygens (including phenoxy) is 1. The van der Waals surface area contributed by atoms with Crippen molar-refractivity contribution >= 4 is 23.2 Å². The van der Waals surface area contributed by atoms with Crippen LogP contribution in [0.15, 0.2) is 42.5 Å². The van der Waals surface area contributed by atoms with Crippen molar-refractivity contribution in [2.75, 3.05) is 6.54 Å². The molecule has 0 bridgehead atoms. The highest BCUT2D eigenvalue weighted by molar-refractivity contribution is 6.35. The van der Waals surface area contributed by atoms with Gasteiger partial charge in [0.25, 0.3) is 0 Å². The summed E-state index contributed by atoms with van der Waals surface area (Å²) in [4.78, 5) is 0. The summed E-state index contributed by atoms with van der Waals surface area (Å²) in [5.41, 5.74) is 1.99. The minimum Gasteiger partial charge on any atom is -0.489 e. The number of benzene rings is 2. The highest BCUT2D eigenvalue weighted by Gasteiger charge is 2.03. The molecule has 22 heavy (non-hydrogen) atoms. The predicted octanol–water partition coefficient (Wildman–Crippen LogP) is 4.04. The second kappa shape index (κ2) is 8.39. The maximum Gasteiger partial charge on any atom is 0.120 e. The van der Waals surface area contributed by atoms with Crippen LogP contribution >= 0.6 is 23.2 Å². The van der Waals surface area contributed by atoms with Gasteiger partial charge in [-0.3, -0.25) is 0 Å². The van der Waals surface area contributed by atoms with Crippen LogP contribution in [-0.2, 0) is 13.2 Å².